The molecule has 1 aromatic rings. The van der Waals surface area contributed by atoms with Crippen molar-refractivity contribution >= 4 is 21.9 Å². The lowest BCUT2D eigenvalue weighted by Gasteiger charge is -2.11. The van der Waals surface area contributed by atoms with E-state index in [2.05, 4.69) is 9.44 Å². The summed E-state index contributed by atoms with van der Waals surface area (Å²) in [5.74, 6) is -1.12. The number of carbonyl (C=O) groups is 1. The maximum absolute atomic E-state index is 11.7. The molecule has 8 heteroatoms. The van der Waals surface area contributed by atoms with Gasteiger partial charge in [0, 0.05) is 13.7 Å². The molecule has 0 saturated heterocycles. The van der Waals surface area contributed by atoms with Crippen LogP contribution in [0.4, 0.5) is 5.69 Å². The molecular formula is C11H16N2O5S. The molecule has 0 aliphatic heterocycles. The van der Waals surface area contributed by atoms with Crippen LogP contribution >= 0.6 is 0 Å². The van der Waals surface area contributed by atoms with E-state index in [1.54, 1.807) is 6.92 Å². The van der Waals surface area contributed by atoms with Gasteiger partial charge in [-0.15, -0.1) is 0 Å². The second-order valence-corrected chi connectivity index (χ2v) is 5.33. The predicted octanol–water partition coefficient (Wildman–Crippen LogP) is 0.586. The fourth-order valence-corrected chi connectivity index (χ4v) is 2.26. The van der Waals surface area contributed by atoms with Gasteiger partial charge in [0.15, 0.2) is 0 Å². The Labute approximate surface area is 111 Å². The van der Waals surface area contributed by atoms with Gasteiger partial charge in [-0.05, 0) is 24.6 Å². The summed E-state index contributed by atoms with van der Waals surface area (Å²) in [4.78, 5) is 10.8. The van der Waals surface area contributed by atoms with Gasteiger partial charge in [-0.1, -0.05) is 6.07 Å². The Hall–Kier alpha value is -1.64. The summed E-state index contributed by atoms with van der Waals surface area (Å²) in [6, 6.07) is 4.22. The summed E-state index contributed by atoms with van der Waals surface area (Å²) in [5, 5.41) is 8.86. The standard InChI is InChI=1S/C11H16N2O5S/c1-8-3-4-9(11(14)15)7-10(8)13-19(16,17)12-5-6-18-2/h3-4,7,12-13H,5-6H2,1-2H3,(H,14,15). The van der Waals surface area contributed by atoms with Gasteiger partial charge in [-0.3, -0.25) is 4.72 Å². The summed E-state index contributed by atoms with van der Waals surface area (Å²) in [6.07, 6.45) is 0. The van der Waals surface area contributed by atoms with Gasteiger partial charge in [0.05, 0.1) is 17.9 Å². The van der Waals surface area contributed by atoms with E-state index in [1.807, 2.05) is 0 Å². The molecule has 0 radical (unpaired) electrons. The van der Waals surface area contributed by atoms with E-state index in [9.17, 15) is 13.2 Å². The zero-order valence-corrected chi connectivity index (χ0v) is 11.5. The van der Waals surface area contributed by atoms with Crippen LogP contribution in [-0.2, 0) is 14.9 Å². The number of aryl methyl sites for hydroxylation is 1. The summed E-state index contributed by atoms with van der Waals surface area (Å²) >= 11 is 0. The lowest BCUT2D eigenvalue weighted by atomic mass is 10.1. The third-order valence-electron chi connectivity index (χ3n) is 2.33. The van der Waals surface area contributed by atoms with Crippen LogP contribution in [0.2, 0.25) is 0 Å². The monoisotopic (exact) mass is 288 g/mol. The fraction of sp³-hybridized carbons (Fsp3) is 0.364. The highest BCUT2D eigenvalue weighted by Gasteiger charge is 2.12. The first kappa shape index (κ1) is 15.4. The van der Waals surface area contributed by atoms with Crippen LogP contribution in [0.1, 0.15) is 15.9 Å². The van der Waals surface area contributed by atoms with E-state index in [1.165, 1.54) is 25.3 Å². The molecule has 0 heterocycles. The van der Waals surface area contributed by atoms with Gasteiger partial charge < -0.3 is 9.84 Å². The molecule has 0 fully saturated rings. The molecule has 1 aromatic carbocycles. The Morgan fingerprint density at radius 1 is 1.42 bits per heavy atom. The maximum Gasteiger partial charge on any atom is 0.335 e. The van der Waals surface area contributed by atoms with Crippen molar-refractivity contribution in [1.82, 2.24) is 4.72 Å². The molecule has 106 valence electrons. The quantitative estimate of drug-likeness (QED) is 0.637. The van der Waals surface area contributed by atoms with E-state index in [0.717, 1.165) is 0 Å². The second-order valence-electron chi connectivity index (χ2n) is 3.83. The minimum Gasteiger partial charge on any atom is -0.478 e. The maximum atomic E-state index is 11.7. The molecule has 0 aliphatic rings. The highest BCUT2D eigenvalue weighted by atomic mass is 32.2. The Kier molecular flexibility index (Phi) is 5.28. The molecule has 1 rings (SSSR count). The molecule has 0 amide bonds. The normalized spacial score (nSPS) is 11.3. The smallest absolute Gasteiger partial charge is 0.335 e. The first-order valence-corrected chi connectivity index (χ1v) is 6.94. The van der Waals surface area contributed by atoms with Crippen molar-refractivity contribution in [3.8, 4) is 0 Å². The van der Waals surface area contributed by atoms with Gasteiger partial charge in [0.2, 0.25) is 0 Å². The van der Waals surface area contributed by atoms with Crippen LogP contribution in [0.3, 0.4) is 0 Å². The molecule has 7 nitrogen and oxygen atoms in total. The number of rotatable bonds is 7. The van der Waals surface area contributed by atoms with Crippen molar-refractivity contribution in [2.24, 2.45) is 0 Å². The van der Waals surface area contributed by atoms with Crippen LogP contribution in [0.5, 0.6) is 0 Å². The highest BCUT2D eigenvalue weighted by Crippen LogP contribution is 2.17. The number of hydrogen-bond donors (Lipinski definition) is 3. The Morgan fingerprint density at radius 3 is 2.68 bits per heavy atom. The minimum absolute atomic E-state index is 0.0141. The summed E-state index contributed by atoms with van der Waals surface area (Å²) in [7, 11) is -2.28. The highest BCUT2D eigenvalue weighted by molar-refractivity contribution is 7.90. The summed E-state index contributed by atoms with van der Waals surface area (Å²) < 4.78 is 32.7. The number of hydrogen-bond acceptors (Lipinski definition) is 4. The number of carboxylic acids is 1. The molecule has 19 heavy (non-hydrogen) atoms. The molecule has 0 spiro atoms. The van der Waals surface area contributed by atoms with Crippen molar-refractivity contribution in [2.75, 3.05) is 25.0 Å². The molecule has 0 atom stereocenters. The van der Waals surface area contributed by atoms with Gasteiger partial charge in [0.25, 0.3) is 10.2 Å². The number of aromatic carboxylic acids is 1. The van der Waals surface area contributed by atoms with E-state index in [0.29, 0.717) is 5.56 Å². The van der Waals surface area contributed by atoms with Crippen molar-refractivity contribution in [3.63, 3.8) is 0 Å². The SMILES string of the molecule is COCCNS(=O)(=O)Nc1cc(C(=O)O)ccc1C. The summed E-state index contributed by atoms with van der Waals surface area (Å²) in [6.45, 7) is 2.05. The lowest BCUT2D eigenvalue weighted by Crippen LogP contribution is -2.32. The topological polar surface area (TPSA) is 105 Å². The number of benzene rings is 1. The second kappa shape index (κ2) is 6.50. The Balaban J connectivity index is 2.86. The number of methoxy groups -OCH3 is 1. The fourth-order valence-electron chi connectivity index (χ4n) is 1.32. The zero-order valence-electron chi connectivity index (χ0n) is 10.6. The van der Waals surface area contributed by atoms with Gasteiger partial charge >= 0.3 is 5.97 Å². The van der Waals surface area contributed by atoms with Crippen LogP contribution < -0.4 is 9.44 Å². The first-order chi connectivity index (χ1) is 8.85. The Bertz CT molecular complexity index is 556. The van der Waals surface area contributed by atoms with Crippen LogP contribution in [0.25, 0.3) is 0 Å². The number of carboxylic acid groups (broad SMARTS) is 1. The molecule has 0 unspecified atom stereocenters. The average molecular weight is 288 g/mol. The average Bonchev–Trinajstić information content (AvgIpc) is 2.31. The van der Waals surface area contributed by atoms with Gasteiger partial charge in [0.1, 0.15) is 0 Å². The van der Waals surface area contributed by atoms with Crippen LogP contribution in [-0.4, -0.2) is 39.8 Å². The molecular weight excluding hydrogens is 272 g/mol. The molecule has 0 bridgehead atoms. The first-order valence-electron chi connectivity index (χ1n) is 5.46. The Morgan fingerprint density at radius 2 is 2.11 bits per heavy atom. The van der Waals surface area contributed by atoms with E-state index in [4.69, 9.17) is 9.84 Å². The molecule has 0 aromatic heterocycles. The van der Waals surface area contributed by atoms with Gasteiger partial charge in [-0.2, -0.15) is 13.1 Å². The lowest BCUT2D eigenvalue weighted by molar-refractivity contribution is 0.0697. The third-order valence-corrected chi connectivity index (χ3v) is 3.40. The van der Waals surface area contributed by atoms with Crippen molar-refractivity contribution in [1.29, 1.82) is 0 Å². The minimum atomic E-state index is -3.74. The van der Waals surface area contributed by atoms with Crippen LogP contribution in [0, 0.1) is 6.92 Å². The van der Waals surface area contributed by atoms with Gasteiger partial charge in [-0.25, -0.2) is 4.79 Å². The van der Waals surface area contributed by atoms with Crippen molar-refractivity contribution in [2.45, 2.75) is 6.92 Å². The molecule has 0 aliphatic carbocycles. The number of ether oxygens (including phenoxy) is 1. The van der Waals surface area contributed by atoms with E-state index in [-0.39, 0.29) is 24.4 Å². The molecule has 3 N–H and O–H groups in total. The third kappa shape index (κ3) is 4.86. The predicted molar refractivity (Wildman–Crippen MR) is 70.6 cm³/mol. The number of anilines is 1. The summed E-state index contributed by atoms with van der Waals surface area (Å²) in [5.41, 5.74) is 0.868. The largest absolute Gasteiger partial charge is 0.478 e. The number of nitrogens with one attached hydrogen (secondary N) is 2. The zero-order chi connectivity index (χ0) is 14.5. The van der Waals surface area contributed by atoms with E-state index >= 15 is 0 Å². The van der Waals surface area contributed by atoms with Crippen molar-refractivity contribution in [3.05, 3.63) is 29.3 Å². The molecule has 0 saturated carbocycles. The van der Waals surface area contributed by atoms with Crippen LogP contribution in [0.15, 0.2) is 18.2 Å². The van der Waals surface area contributed by atoms with Crippen molar-refractivity contribution < 1.29 is 23.1 Å². The van der Waals surface area contributed by atoms with E-state index < -0.39 is 16.2 Å².